The van der Waals surface area contributed by atoms with Crippen molar-refractivity contribution in [2.45, 2.75) is 24.0 Å². The van der Waals surface area contributed by atoms with Crippen molar-refractivity contribution in [2.75, 3.05) is 57.4 Å². The molecule has 2 aromatic rings. The van der Waals surface area contributed by atoms with Crippen LogP contribution in [0.25, 0.3) is 0 Å². The molecule has 0 saturated carbocycles. The van der Waals surface area contributed by atoms with Gasteiger partial charge in [0.05, 0.1) is 24.5 Å². The Hall–Kier alpha value is -2.26. The quantitative estimate of drug-likeness (QED) is 0.708. The van der Waals surface area contributed by atoms with Gasteiger partial charge in [0.1, 0.15) is 29.6 Å². The van der Waals surface area contributed by atoms with Crippen LogP contribution in [0.1, 0.15) is 12.8 Å². The lowest BCUT2D eigenvalue weighted by atomic mass is 9.90. The van der Waals surface area contributed by atoms with Gasteiger partial charge in [-0.3, -0.25) is 4.90 Å². The summed E-state index contributed by atoms with van der Waals surface area (Å²) in [5, 5.41) is 22.3. The Bertz CT molecular complexity index is 890. The molecule has 2 fully saturated rings. The van der Waals surface area contributed by atoms with Gasteiger partial charge in [0.2, 0.25) is 0 Å². The van der Waals surface area contributed by atoms with E-state index in [4.69, 9.17) is 9.47 Å². The van der Waals surface area contributed by atoms with Crippen molar-refractivity contribution < 1.29 is 28.5 Å². The SMILES string of the molecule is OC1(CN2CCOC[C@@](O)(COc3ccc(F)cc3)C2)CCN(c2ccccc2F)CC1. The summed E-state index contributed by atoms with van der Waals surface area (Å²) in [6, 6.07) is 12.3. The van der Waals surface area contributed by atoms with Crippen LogP contribution in [-0.4, -0.2) is 78.9 Å². The van der Waals surface area contributed by atoms with Crippen LogP contribution in [-0.2, 0) is 4.74 Å². The summed E-state index contributed by atoms with van der Waals surface area (Å²) in [7, 11) is 0. The number of hydrogen-bond donors (Lipinski definition) is 2. The molecule has 0 radical (unpaired) electrons. The van der Waals surface area contributed by atoms with Crippen LogP contribution in [0.15, 0.2) is 48.5 Å². The summed E-state index contributed by atoms with van der Waals surface area (Å²) in [5.41, 5.74) is -1.62. The highest BCUT2D eigenvalue weighted by molar-refractivity contribution is 5.48. The zero-order valence-electron chi connectivity index (χ0n) is 18.1. The number of ether oxygens (including phenoxy) is 2. The summed E-state index contributed by atoms with van der Waals surface area (Å²) in [6.45, 7) is 2.92. The molecule has 2 heterocycles. The maximum atomic E-state index is 14.1. The second-order valence-corrected chi connectivity index (χ2v) is 8.89. The van der Waals surface area contributed by atoms with E-state index in [0.717, 1.165) is 0 Å². The second-order valence-electron chi connectivity index (χ2n) is 8.89. The first-order chi connectivity index (χ1) is 15.3. The third-order valence-corrected chi connectivity index (χ3v) is 6.17. The van der Waals surface area contributed by atoms with E-state index in [0.29, 0.717) is 57.1 Å². The number of nitrogens with zero attached hydrogens (tertiary/aromatic N) is 2. The highest BCUT2D eigenvalue weighted by atomic mass is 19.1. The van der Waals surface area contributed by atoms with Crippen molar-refractivity contribution in [3.05, 3.63) is 60.2 Å². The fourth-order valence-corrected chi connectivity index (χ4v) is 4.41. The van der Waals surface area contributed by atoms with E-state index in [1.165, 1.54) is 30.3 Å². The summed E-state index contributed by atoms with van der Waals surface area (Å²) in [6.07, 6.45) is 1.01. The summed E-state index contributed by atoms with van der Waals surface area (Å²) < 4.78 is 38.4. The highest BCUT2D eigenvalue weighted by Crippen LogP contribution is 2.29. The molecule has 2 aliphatic heterocycles. The van der Waals surface area contributed by atoms with Gasteiger partial charge in [-0.25, -0.2) is 8.78 Å². The molecular weight excluding hydrogens is 418 g/mol. The minimum Gasteiger partial charge on any atom is -0.490 e. The first-order valence-corrected chi connectivity index (χ1v) is 11.0. The minimum absolute atomic E-state index is 0.00533. The maximum absolute atomic E-state index is 14.1. The van der Waals surface area contributed by atoms with E-state index in [-0.39, 0.29) is 31.4 Å². The number of para-hydroxylation sites is 1. The predicted molar refractivity (Wildman–Crippen MR) is 117 cm³/mol. The molecule has 0 bridgehead atoms. The smallest absolute Gasteiger partial charge is 0.146 e. The molecule has 2 aromatic carbocycles. The number of aliphatic hydroxyl groups is 2. The van der Waals surface area contributed by atoms with Crippen LogP contribution in [0.4, 0.5) is 14.5 Å². The number of piperidine rings is 1. The van der Waals surface area contributed by atoms with Crippen molar-refractivity contribution >= 4 is 5.69 Å². The third kappa shape index (κ3) is 5.75. The van der Waals surface area contributed by atoms with Crippen LogP contribution in [0.3, 0.4) is 0 Å². The van der Waals surface area contributed by atoms with Gasteiger partial charge >= 0.3 is 0 Å². The van der Waals surface area contributed by atoms with E-state index in [1.54, 1.807) is 12.1 Å². The molecule has 0 unspecified atom stereocenters. The number of anilines is 1. The first kappa shape index (κ1) is 22.9. The standard InChI is InChI=1S/C24H30F2N2O4/c25-19-5-7-20(8-6-19)32-18-24(30)16-27(13-14-31-17-24)15-23(29)9-11-28(12-10-23)22-4-2-1-3-21(22)26/h1-8,29-30H,9-18H2/t24-/m1/s1. The number of hydrogen-bond acceptors (Lipinski definition) is 6. The Morgan fingerprint density at radius 2 is 1.66 bits per heavy atom. The van der Waals surface area contributed by atoms with Crippen LogP contribution in [0, 0.1) is 11.6 Å². The molecule has 32 heavy (non-hydrogen) atoms. The number of rotatable bonds is 6. The number of benzene rings is 2. The van der Waals surface area contributed by atoms with Crippen LogP contribution >= 0.6 is 0 Å². The van der Waals surface area contributed by atoms with Crippen molar-refractivity contribution in [3.63, 3.8) is 0 Å². The normalized spacial score (nSPS) is 24.2. The topological polar surface area (TPSA) is 65.4 Å². The highest BCUT2D eigenvalue weighted by Gasteiger charge is 2.39. The fourth-order valence-electron chi connectivity index (χ4n) is 4.41. The molecule has 0 aliphatic carbocycles. The lowest BCUT2D eigenvalue weighted by Gasteiger charge is -2.42. The van der Waals surface area contributed by atoms with Gasteiger partial charge in [0.15, 0.2) is 0 Å². The van der Waals surface area contributed by atoms with Crippen molar-refractivity contribution in [2.24, 2.45) is 0 Å². The molecule has 2 N–H and O–H groups in total. The number of β-amino-alcohol motifs (C(OH)–C–C–N with tert-alkyl or cyclic N) is 2. The monoisotopic (exact) mass is 448 g/mol. The third-order valence-electron chi connectivity index (χ3n) is 6.17. The Labute approximate surface area is 187 Å². The lowest BCUT2D eigenvalue weighted by molar-refractivity contribution is -0.0742. The average molecular weight is 449 g/mol. The molecule has 0 spiro atoms. The van der Waals surface area contributed by atoms with Crippen LogP contribution in [0.2, 0.25) is 0 Å². The molecule has 0 aromatic heterocycles. The van der Waals surface area contributed by atoms with E-state index < -0.39 is 11.2 Å². The molecule has 2 saturated heterocycles. The molecule has 174 valence electrons. The van der Waals surface area contributed by atoms with Gasteiger partial charge < -0.3 is 24.6 Å². The van der Waals surface area contributed by atoms with E-state index >= 15 is 0 Å². The Morgan fingerprint density at radius 1 is 0.938 bits per heavy atom. The van der Waals surface area contributed by atoms with Gasteiger partial charge in [-0.2, -0.15) is 0 Å². The first-order valence-electron chi connectivity index (χ1n) is 11.0. The Kier molecular flexibility index (Phi) is 6.95. The summed E-state index contributed by atoms with van der Waals surface area (Å²) >= 11 is 0. The maximum Gasteiger partial charge on any atom is 0.146 e. The molecule has 8 heteroatoms. The van der Waals surface area contributed by atoms with Crippen molar-refractivity contribution in [1.29, 1.82) is 0 Å². The van der Waals surface area contributed by atoms with Gasteiger partial charge in [-0.15, -0.1) is 0 Å². The molecule has 4 rings (SSSR count). The molecule has 0 amide bonds. The van der Waals surface area contributed by atoms with E-state index in [2.05, 4.69) is 0 Å². The average Bonchev–Trinajstić information content (AvgIpc) is 2.95. The Morgan fingerprint density at radius 3 is 2.38 bits per heavy atom. The number of halogens is 2. The predicted octanol–water partition coefficient (Wildman–Crippen LogP) is 2.44. The molecule has 6 nitrogen and oxygen atoms in total. The fraction of sp³-hybridized carbons (Fsp3) is 0.500. The summed E-state index contributed by atoms with van der Waals surface area (Å²) in [4.78, 5) is 3.96. The summed E-state index contributed by atoms with van der Waals surface area (Å²) in [5.74, 6) is -0.141. The van der Waals surface area contributed by atoms with Gasteiger partial charge in [0.25, 0.3) is 0 Å². The minimum atomic E-state index is -1.25. The van der Waals surface area contributed by atoms with E-state index in [1.807, 2.05) is 15.9 Å². The van der Waals surface area contributed by atoms with Crippen LogP contribution < -0.4 is 9.64 Å². The molecular formula is C24H30F2N2O4. The van der Waals surface area contributed by atoms with Crippen molar-refractivity contribution in [3.8, 4) is 5.75 Å². The Balaban J connectivity index is 1.33. The van der Waals surface area contributed by atoms with E-state index in [9.17, 15) is 19.0 Å². The van der Waals surface area contributed by atoms with Crippen molar-refractivity contribution in [1.82, 2.24) is 4.90 Å². The molecule has 2 aliphatic rings. The lowest BCUT2D eigenvalue weighted by Crippen LogP contribution is -2.55. The van der Waals surface area contributed by atoms with Gasteiger partial charge in [-0.1, -0.05) is 12.1 Å². The largest absolute Gasteiger partial charge is 0.490 e. The van der Waals surface area contributed by atoms with Gasteiger partial charge in [0, 0.05) is 32.7 Å². The van der Waals surface area contributed by atoms with Crippen LogP contribution in [0.5, 0.6) is 5.75 Å². The second kappa shape index (κ2) is 9.70. The zero-order chi connectivity index (χ0) is 22.6. The molecule has 1 atom stereocenters. The van der Waals surface area contributed by atoms with Gasteiger partial charge in [-0.05, 0) is 49.2 Å². The zero-order valence-corrected chi connectivity index (χ0v) is 18.1.